The number of aldehydes is 1. The molecule has 0 spiro atoms. The molecule has 0 saturated carbocycles. The van der Waals surface area contributed by atoms with E-state index in [0.717, 1.165) is 16.7 Å². The van der Waals surface area contributed by atoms with Crippen LogP contribution in [0.2, 0.25) is 5.02 Å². The number of aromatic nitrogens is 1. The number of amides is 1. The molecule has 130 valence electrons. The zero-order chi connectivity index (χ0) is 18.4. The number of nitrogens with one attached hydrogen (secondary N) is 1. The second kappa shape index (κ2) is 8.41. The topological polar surface area (TPSA) is 59.1 Å². The number of rotatable bonds is 6. The van der Waals surface area contributed by atoms with Crippen LogP contribution in [-0.4, -0.2) is 23.7 Å². The molecule has 5 heteroatoms. The maximum absolute atomic E-state index is 12.2. The lowest BCUT2D eigenvalue weighted by atomic mass is 10.0. The summed E-state index contributed by atoms with van der Waals surface area (Å²) in [6.45, 7) is 0.500. The molecule has 0 saturated heterocycles. The highest BCUT2D eigenvalue weighted by atomic mass is 35.5. The molecule has 0 atom stereocenters. The number of halogens is 1. The zero-order valence-corrected chi connectivity index (χ0v) is 14.7. The van der Waals surface area contributed by atoms with Crippen molar-refractivity contribution in [2.24, 2.45) is 0 Å². The van der Waals surface area contributed by atoms with E-state index in [1.165, 1.54) is 0 Å². The van der Waals surface area contributed by atoms with Crippen LogP contribution in [0.5, 0.6) is 0 Å². The van der Waals surface area contributed by atoms with E-state index in [1.54, 1.807) is 24.4 Å². The number of hydrogen-bond acceptors (Lipinski definition) is 3. The van der Waals surface area contributed by atoms with Crippen LogP contribution in [0.25, 0.3) is 11.1 Å². The lowest BCUT2D eigenvalue weighted by Crippen LogP contribution is -2.25. The van der Waals surface area contributed by atoms with Gasteiger partial charge in [0.25, 0.3) is 5.91 Å². The van der Waals surface area contributed by atoms with Crippen LogP contribution in [0.1, 0.15) is 26.4 Å². The van der Waals surface area contributed by atoms with Gasteiger partial charge in [-0.25, -0.2) is 0 Å². The minimum atomic E-state index is -0.120. The summed E-state index contributed by atoms with van der Waals surface area (Å²) < 4.78 is 0. The Morgan fingerprint density at radius 1 is 0.962 bits per heavy atom. The molecule has 4 nitrogen and oxygen atoms in total. The maximum atomic E-state index is 12.2. The van der Waals surface area contributed by atoms with E-state index in [-0.39, 0.29) is 5.91 Å². The SMILES string of the molecule is O=Cc1ccc(CCNC(=O)c2ccc(-c3ccc(Cl)cc3)cc2)cn1. The molecule has 1 amide bonds. The minimum absolute atomic E-state index is 0.120. The van der Waals surface area contributed by atoms with Crippen molar-refractivity contribution >= 4 is 23.8 Å². The molecule has 26 heavy (non-hydrogen) atoms. The van der Waals surface area contributed by atoms with Crippen molar-refractivity contribution in [2.45, 2.75) is 6.42 Å². The van der Waals surface area contributed by atoms with E-state index in [2.05, 4.69) is 10.3 Å². The number of pyridine rings is 1. The van der Waals surface area contributed by atoms with Crippen molar-refractivity contribution in [3.05, 3.63) is 88.7 Å². The molecule has 1 heterocycles. The largest absolute Gasteiger partial charge is 0.352 e. The summed E-state index contributed by atoms with van der Waals surface area (Å²) in [6.07, 6.45) is 3.01. The Bertz CT molecular complexity index is 889. The Kier molecular flexibility index (Phi) is 5.77. The summed E-state index contributed by atoms with van der Waals surface area (Å²) in [5.74, 6) is -0.120. The fourth-order valence-corrected chi connectivity index (χ4v) is 2.66. The monoisotopic (exact) mass is 364 g/mol. The van der Waals surface area contributed by atoms with E-state index in [0.29, 0.717) is 35.5 Å². The van der Waals surface area contributed by atoms with E-state index < -0.39 is 0 Å². The first-order chi connectivity index (χ1) is 12.7. The van der Waals surface area contributed by atoms with Gasteiger partial charge in [0, 0.05) is 23.3 Å². The van der Waals surface area contributed by atoms with Crippen molar-refractivity contribution in [1.82, 2.24) is 10.3 Å². The van der Waals surface area contributed by atoms with Crippen LogP contribution in [0, 0.1) is 0 Å². The summed E-state index contributed by atoms with van der Waals surface area (Å²) in [5.41, 5.74) is 4.05. The van der Waals surface area contributed by atoms with Crippen LogP contribution in [0.15, 0.2) is 66.9 Å². The van der Waals surface area contributed by atoms with E-state index in [1.807, 2.05) is 42.5 Å². The van der Waals surface area contributed by atoms with Gasteiger partial charge in [-0.1, -0.05) is 41.9 Å². The average Bonchev–Trinajstić information content (AvgIpc) is 2.69. The fraction of sp³-hybridized carbons (Fsp3) is 0.0952. The number of hydrogen-bond donors (Lipinski definition) is 1. The molecule has 3 rings (SSSR count). The van der Waals surface area contributed by atoms with Crippen molar-refractivity contribution in [2.75, 3.05) is 6.54 Å². The van der Waals surface area contributed by atoms with Gasteiger partial charge >= 0.3 is 0 Å². The first kappa shape index (κ1) is 17.8. The first-order valence-electron chi connectivity index (χ1n) is 8.20. The van der Waals surface area contributed by atoms with E-state index >= 15 is 0 Å². The molecule has 2 aromatic carbocycles. The van der Waals surface area contributed by atoms with Gasteiger partial charge in [0.1, 0.15) is 5.69 Å². The van der Waals surface area contributed by atoms with Crippen molar-refractivity contribution in [1.29, 1.82) is 0 Å². The molecule has 1 aromatic heterocycles. The van der Waals surface area contributed by atoms with Crippen molar-refractivity contribution < 1.29 is 9.59 Å². The lowest BCUT2D eigenvalue weighted by molar-refractivity contribution is 0.0954. The van der Waals surface area contributed by atoms with Gasteiger partial charge in [-0.15, -0.1) is 0 Å². The molecular formula is C21H17ClN2O2. The Labute approximate surface area is 156 Å². The molecule has 0 aliphatic rings. The maximum Gasteiger partial charge on any atom is 0.251 e. The van der Waals surface area contributed by atoms with Gasteiger partial charge in [-0.3, -0.25) is 14.6 Å². The fourth-order valence-electron chi connectivity index (χ4n) is 2.53. The number of nitrogens with zero attached hydrogens (tertiary/aromatic N) is 1. The second-order valence-corrected chi connectivity index (χ2v) is 6.24. The summed E-state index contributed by atoms with van der Waals surface area (Å²) in [5, 5.41) is 3.58. The molecule has 1 N–H and O–H groups in total. The molecule has 0 unspecified atom stereocenters. The predicted molar refractivity (Wildman–Crippen MR) is 103 cm³/mol. The first-order valence-corrected chi connectivity index (χ1v) is 8.58. The van der Waals surface area contributed by atoms with Crippen LogP contribution >= 0.6 is 11.6 Å². The molecule has 0 fully saturated rings. The number of carbonyl (C=O) groups is 2. The molecule has 0 aliphatic carbocycles. The third-order valence-electron chi connectivity index (χ3n) is 3.99. The van der Waals surface area contributed by atoms with Crippen LogP contribution in [0.4, 0.5) is 0 Å². The third-order valence-corrected chi connectivity index (χ3v) is 4.24. The highest BCUT2D eigenvalue weighted by molar-refractivity contribution is 6.30. The average molecular weight is 365 g/mol. The molecule has 3 aromatic rings. The summed E-state index contributed by atoms with van der Waals surface area (Å²) in [6, 6.07) is 18.5. The summed E-state index contributed by atoms with van der Waals surface area (Å²) in [7, 11) is 0. The highest BCUT2D eigenvalue weighted by Gasteiger charge is 2.06. The summed E-state index contributed by atoms with van der Waals surface area (Å²) >= 11 is 5.90. The van der Waals surface area contributed by atoms with Crippen LogP contribution in [0.3, 0.4) is 0 Å². The van der Waals surface area contributed by atoms with Gasteiger partial charge < -0.3 is 5.32 Å². The van der Waals surface area contributed by atoms with Gasteiger partial charge in [0.05, 0.1) is 0 Å². The normalized spacial score (nSPS) is 10.3. The van der Waals surface area contributed by atoms with Crippen LogP contribution in [-0.2, 0) is 6.42 Å². The highest BCUT2D eigenvalue weighted by Crippen LogP contribution is 2.21. The Morgan fingerprint density at radius 3 is 2.19 bits per heavy atom. The third kappa shape index (κ3) is 4.55. The number of benzene rings is 2. The Balaban J connectivity index is 1.55. The molecular weight excluding hydrogens is 348 g/mol. The van der Waals surface area contributed by atoms with Gasteiger partial charge in [-0.2, -0.15) is 0 Å². The van der Waals surface area contributed by atoms with E-state index in [9.17, 15) is 9.59 Å². The molecule has 0 radical (unpaired) electrons. The number of carbonyl (C=O) groups excluding carboxylic acids is 2. The van der Waals surface area contributed by atoms with Crippen molar-refractivity contribution in [3.63, 3.8) is 0 Å². The molecule has 0 aliphatic heterocycles. The Hall–Kier alpha value is -2.98. The van der Waals surface area contributed by atoms with Crippen molar-refractivity contribution in [3.8, 4) is 11.1 Å². The van der Waals surface area contributed by atoms with Gasteiger partial charge in [-0.05, 0) is 53.4 Å². The van der Waals surface area contributed by atoms with E-state index in [4.69, 9.17) is 11.6 Å². The quantitative estimate of drug-likeness (QED) is 0.667. The molecule has 0 bridgehead atoms. The lowest BCUT2D eigenvalue weighted by Gasteiger charge is -2.07. The smallest absolute Gasteiger partial charge is 0.251 e. The van der Waals surface area contributed by atoms with Gasteiger partial charge in [0.15, 0.2) is 6.29 Å². The minimum Gasteiger partial charge on any atom is -0.352 e. The Morgan fingerprint density at radius 2 is 1.62 bits per heavy atom. The van der Waals surface area contributed by atoms with Crippen LogP contribution < -0.4 is 5.32 Å². The zero-order valence-electron chi connectivity index (χ0n) is 14.0. The van der Waals surface area contributed by atoms with Gasteiger partial charge in [0.2, 0.25) is 0 Å². The predicted octanol–water partition coefficient (Wildman–Crippen LogP) is 4.19. The second-order valence-electron chi connectivity index (χ2n) is 5.80. The summed E-state index contributed by atoms with van der Waals surface area (Å²) in [4.78, 5) is 26.8. The standard InChI is InChI=1S/C21H17ClN2O2/c22-19-8-6-17(7-9-19)16-2-4-18(5-3-16)21(26)23-12-11-15-1-10-20(14-25)24-13-15/h1-10,13-14H,11-12H2,(H,23,26).